The number of hydrogen-bond donors (Lipinski definition) is 1. The molecule has 0 saturated carbocycles. The molecule has 2 amide bonds. The zero-order valence-electron chi connectivity index (χ0n) is 13.1. The van der Waals surface area contributed by atoms with Crippen LogP contribution in [0.3, 0.4) is 0 Å². The minimum Gasteiger partial charge on any atom is -0.343 e. The van der Waals surface area contributed by atoms with Crippen LogP contribution in [0, 0.1) is 6.92 Å². The van der Waals surface area contributed by atoms with Crippen molar-refractivity contribution >= 4 is 11.8 Å². The second-order valence-corrected chi connectivity index (χ2v) is 5.73. The van der Waals surface area contributed by atoms with Gasteiger partial charge in [-0.1, -0.05) is 50.1 Å². The summed E-state index contributed by atoms with van der Waals surface area (Å²) in [5.41, 5.74) is 2.24. The van der Waals surface area contributed by atoms with Crippen LogP contribution in [-0.4, -0.2) is 28.8 Å². The minimum absolute atomic E-state index is 0.0176. The molecular weight excluding hydrogens is 264 g/mol. The number of carbonyl (C=O) groups excluding carboxylic acids is 2. The highest BCUT2D eigenvalue weighted by Crippen LogP contribution is 2.19. The molecule has 1 saturated heterocycles. The molecule has 1 fully saturated rings. The number of amides is 2. The quantitative estimate of drug-likeness (QED) is 0.904. The average Bonchev–Trinajstić information content (AvgIpc) is 2.46. The Kier molecular flexibility index (Phi) is 4.99. The predicted octanol–water partition coefficient (Wildman–Crippen LogP) is 2.40. The number of aryl methyl sites for hydroxylation is 1. The molecule has 2 atom stereocenters. The van der Waals surface area contributed by atoms with Gasteiger partial charge in [-0.2, -0.15) is 0 Å². The molecular formula is C17H24N2O2. The summed E-state index contributed by atoms with van der Waals surface area (Å²) in [7, 11) is 0. The Bertz CT molecular complexity index is 527. The third-order valence-corrected chi connectivity index (χ3v) is 3.98. The Balaban J connectivity index is 2.25. The molecule has 0 spiro atoms. The van der Waals surface area contributed by atoms with Crippen molar-refractivity contribution in [2.45, 2.75) is 58.7 Å². The van der Waals surface area contributed by atoms with E-state index < -0.39 is 0 Å². The van der Waals surface area contributed by atoms with E-state index in [1.54, 1.807) is 4.90 Å². The fourth-order valence-electron chi connectivity index (χ4n) is 2.86. The van der Waals surface area contributed by atoms with Crippen LogP contribution >= 0.6 is 0 Å². The van der Waals surface area contributed by atoms with Crippen molar-refractivity contribution in [1.29, 1.82) is 0 Å². The molecule has 0 aromatic heterocycles. The normalized spacial score (nSPS) is 22.3. The van der Waals surface area contributed by atoms with Gasteiger partial charge in [-0.3, -0.25) is 9.59 Å². The first-order valence-corrected chi connectivity index (χ1v) is 7.73. The van der Waals surface area contributed by atoms with Crippen LogP contribution in [0.5, 0.6) is 0 Å². The lowest BCUT2D eigenvalue weighted by atomic mass is 10.0. The standard InChI is InChI=1S/C17H24N2O2/c1-4-7-15-16(20)18-14(5-2)17(21)19(15)11-13-9-6-8-12(3)10-13/h6,8-10,14-15H,4-5,7,11H2,1-3H3,(H,18,20). The minimum atomic E-state index is -0.379. The van der Waals surface area contributed by atoms with Crippen LogP contribution in [0.4, 0.5) is 0 Å². The summed E-state index contributed by atoms with van der Waals surface area (Å²) in [6, 6.07) is 7.39. The van der Waals surface area contributed by atoms with E-state index in [0.717, 1.165) is 12.0 Å². The van der Waals surface area contributed by atoms with Gasteiger partial charge in [0.25, 0.3) is 0 Å². The fraction of sp³-hybridized carbons (Fsp3) is 0.529. The lowest BCUT2D eigenvalue weighted by Crippen LogP contribution is -2.62. The SMILES string of the molecule is CCCC1C(=O)NC(CC)C(=O)N1Cc1cccc(C)c1. The maximum absolute atomic E-state index is 12.6. The molecule has 21 heavy (non-hydrogen) atoms. The van der Waals surface area contributed by atoms with Gasteiger partial charge in [0.15, 0.2) is 0 Å². The number of benzene rings is 1. The summed E-state index contributed by atoms with van der Waals surface area (Å²) in [6.07, 6.45) is 2.22. The topological polar surface area (TPSA) is 49.4 Å². The molecule has 4 heteroatoms. The average molecular weight is 288 g/mol. The van der Waals surface area contributed by atoms with E-state index in [2.05, 4.69) is 11.4 Å². The van der Waals surface area contributed by atoms with Crippen LogP contribution in [0.15, 0.2) is 24.3 Å². The lowest BCUT2D eigenvalue weighted by molar-refractivity contribution is -0.150. The van der Waals surface area contributed by atoms with Gasteiger partial charge >= 0.3 is 0 Å². The van der Waals surface area contributed by atoms with Gasteiger partial charge in [0.1, 0.15) is 12.1 Å². The molecule has 0 aliphatic carbocycles. The number of carbonyl (C=O) groups is 2. The Morgan fingerprint density at radius 2 is 2.00 bits per heavy atom. The molecule has 2 unspecified atom stereocenters. The molecule has 2 rings (SSSR count). The Labute approximate surface area is 126 Å². The Morgan fingerprint density at radius 3 is 2.62 bits per heavy atom. The Hall–Kier alpha value is -1.84. The van der Waals surface area contributed by atoms with E-state index in [0.29, 0.717) is 19.4 Å². The summed E-state index contributed by atoms with van der Waals surface area (Å²) in [6.45, 7) is 6.50. The second kappa shape index (κ2) is 6.74. The van der Waals surface area contributed by atoms with Gasteiger partial charge in [0, 0.05) is 6.54 Å². The van der Waals surface area contributed by atoms with E-state index in [9.17, 15) is 9.59 Å². The first-order valence-electron chi connectivity index (χ1n) is 7.73. The van der Waals surface area contributed by atoms with Crippen molar-refractivity contribution in [2.75, 3.05) is 0 Å². The number of rotatable bonds is 5. The number of nitrogens with one attached hydrogen (secondary N) is 1. The molecule has 1 aromatic carbocycles. The fourth-order valence-corrected chi connectivity index (χ4v) is 2.86. The predicted molar refractivity (Wildman–Crippen MR) is 82.6 cm³/mol. The van der Waals surface area contributed by atoms with Crippen LogP contribution in [0.2, 0.25) is 0 Å². The van der Waals surface area contributed by atoms with Crippen molar-refractivity contribution in [3.8, 4) is 0 Å². The molecule has 1 aromatic rings. The van der Waals surface area contributed by atoms with E-state index >= 15 is 0 Å². The van der Waals surface area contributed by atoms with Gasteiger partial charge < -0.3 is 10.2 Å². The summed E-state index contributed by atoms with van der Waals surface area (Å²) >= 11 is 0. The molecule has 0 bridgehead atoms. The molecule has 0 radical (unpaired) electrons. The van der Waals surface area contributed by atoms with E-state index in [4.69, 9.17) is 0 Å². The van der Waals surface area contributed by atoms with E-state index in [1.807, 2.05) is 39.0 Å². The van der Waals surface area contributed by atoms with Crippen molar-refractivity contribution in [2.24, 2.45) is 0 Å². The first kappa shape index (κ1) is 15.5. The Morgan fingerprint density at radius 1 is 1.24 bits per heavy atom. The smallest absolute Gasteiger partial charge is 0.246 e. The number of piperazine rings is 1. The van der Waals surface area contributed by atoms with Crippen LogP contribution < -0.4 is 5.32 Å². The number of nitrogens with zero attached hydrogens (tertiary/aromatic N) is 1. The molecule has 4 nitrogen and oxygen atoms in total. The molecule has 1 aliphatic rings. The van der Waals surface area contributed by atoms with Gasteiger partial charge in [0.2, 0.25) is 11.8 Å². The largest absolute Gasteiger partial charge is 0.343 e. The van der Waals surface area contributed by atoms with Crippen LogP contribution in [0.1, 0.15) is 44.2 Å². The van der Waals surface area contributed by atoms with Gasteiger partial charge in [-0.15, -0.1) is 0 Å². The molecule has 1 heterocycles. The third-order valence-electron chi connectivity index (χ3n) is 3.98. The molecule has 1 N–H and O–H groups in total. The summed E-state index contributed by atoms with van der Waals surface area (Å²) in [5, 5.41) is 2.85. The van der Waals surface area contributed by atoms with Gasteiger partial charge in [-0.05, 0) is 25.3 Å². The third kappa shape index (κ3) is 3.43. The summed E-state index contributed by atoms with van der Waals surface area (Å²) < 4.78 is 0. The zero-order valence-corrected chi connectivity index (χ0v) is 13.1. The van der Waals surface area contributed by atoms with E-state index in [1.165, 1.54) is 5.56 Å². The van der Waals surface area contributed by atoms with Crippen molar-refractivity contribution in [3.05, 3.63) is 35.4 Å². The number of hydrogen-bond acceptors (Lipinski definition) is 2. The van der Waals surface area contributed by atoms with Crippen molar-refractivity contribution < 1.29 is 9.59 Å². The molecule has 1 aliphatic heterocycles. The highest BCUT2D eigenvalue weighted by atomic mass is 16.2. The lowest BCUT2D eigenvalue weighted by Gasteiger charge is -2.39. The van der Waals surface area contributed by atoms with Crippen LogP contribution in [-0.2, 0) is 16.1 Å². The van der Waals surface area contributed by atoms with Gasteiger partial charge in [-0.25, -0.2) is 0 Å². The van der Waals surface area contributed by atoms with E-state index in [-0.39, 0.29) is 23.9 Å². The highest BCUT2D eigenvalue weighted by molar-refractivity contribution is 5.96. The maximum atomic E-state index is 12.6. The maximum Gasteiger partial charge on any atom is 0.246 e. The summed E-state index contributed by atoms with van der Waals surface area (Å²) in [4.78, 5) is 26.6. The highest BCUT2D eigenvalue weighted by Gasteiger charge is 2.38. The second-order valence-electron chi connectivity index (χ2n) is 5.73. The monoisotopic (exact) mass is 288 g/mol. The van der Waals surface area contributed by atoms with Crippen molar-refractivity contribution in [1.82, 2.24) is 10.2 Å². The zero-order chi connectivity index (χ0) is 15.4. The summed E-state index contributed by atoms with van der Waals surface area (Å²) in [5.74, 6) is 0.0213. The van der Waals surface area contributed by atoms with Crippen LogP contribution in [0.25, 0.3) is 0 Å². The van der Waals surface area contributed by atoms with Crippen molar-refractivity contribution in [3.63, 3.8) is 0 Å². The first-order chi connectivity index (χ1) is 10.1. The molecule has 114 valence electrons. The van der Waals surface area contributed by atoms with Gasteiger partial charge in [0.05, 0.1) is 0 Å².